The number of imidazole rings is 4. The first kappa shape index (κ1) is 37.8. The van der Waals surface area contributed by atoms with Gasteiger partial charge in [0.2, 0.25) is 0 Å². The van der Waals surface area contributed by atoms with Crippen molar-refractivity contribution in [3.8, 4) is 0 Å². The fourth-order valence-electron chi connectivity index (χ4n) is 6.99. The van der Waals surface area contributed by atoms with E-state index < -0.39 is 74.2 Å². The Hall–Kier alpha value is -5.44. The van der Waals surface area contributed by atoms with E-state index in [0.717, 1.165) is 0 Å². The molecule has 8 N–H and O–H groups in total. The van der Waals surface area contributed by atoms with Gasteiger partial charge in [-0.2, -0.15) is 0 Å². The maximum Gasteiger partial charge on any atom is 0.317 e. The van der Waals surface area contributed by atoms with Gasteiger partial charge in [0, 0.05) is 124 Å². The van der Waals surface area contributed by atoms with E-state index in [0.29, 0.717) is 22.8 Å². The van der Waals surface area contributed by atoms with Crippen LogP contribution in [0.2, 0.25) is 0 Å². The number of aromatic nitrogens is 8. The van der Waals surface area contributed by atoms with Crippen LogP contribution in [0, 0.1) is 0 Å². The fraction of sp³-hybridized carbons (Fsp3) is 0.500. The topological polar surface area (TPSA) is 277 Å². The van der Waals surface area contributed by atoms with E-state index in [2.05, 4.69) is 39.9 Å². The summed E-state index contributed by atoms with van der Waals surface area (Å²) >= 11 is 0. The molecule has 20 heteroatoms. The third-order valence-corrected chi connectivity index (χ3v) is 9.24. The molecule has 0 aromatic carbocycles. The van der Waals surface area contributed by atoms with Crippen LogP contribution in [0.1, 0.15) is 22.8 Å². The lowest BCUT2D eigenvalue weighted by Gasteiger charge is -2.45. The molecule has 1 saturated heterocycles. The van der Waals surface area contributed by atoms with Crippen LogP contribution in [0.4, 0.5) is 0 Å². The summed E-state index contributed by atoms with van der Waals surface area (Å²) in [6.45, 7) is -1.42. The molecule has 0 radical (unpaired) electrons. The van der Waals surface area contributed by atoms with Crippen LogP contribution in [0.25, 0.3) is 0 Å². The molecule has 1 aliphatic rings. The molecule has 4 atom stereocenters. The minimum absolute atomic E-state index is 0.0687. The molecule has 0 spiro atoms. The van der Waals surface area contributed by atoms with Gasteiger partial charge >= 0.3 is 23.9 Å². The highest BCUT2D eigenvalue weighted by Crippen LogP contribution is 2.22. The van der Waals surface area contributed by atoms with Crippen LogP contribution in [0.3, 0.4) is 0 Å². The Kier molecular flexibility index (Phi) is 13.2. The van der Waals surface area contributed by atoms with Crippen molar-refractivity contribution in [3.63, 3.8) is 0 Å². The third-order valence-electron chi connectivity index (χ3n) is 9.24. The van der Waals surface area contributed by atoms with Crippen molar-refractivity contribution in [2.45, 2.75) is 49.9 Å². The number of nitrogens with zero attached hydrogens (tertiary/aromatic N) is 8. The molecule has 5 rings (SSSR count). The Labute approximate surface area is 297 Å². The Morgan fingerprint density at radius 2 is 0.673 bits per heavy atom. The summed E-state index contributed by atoms with van der Waals surface area (Å²) < 4.78 is 0. The fourth-order valence-corrected chi connectivity index (χ4v) is 6.99. The lowest BCUT2D eigenvalue weighted by atomic mass is 9.99. The predicted molar refractivity (Wildman–Crippen MR) is 181 cm³/mol. The molecule has 1 aliphatic heterocycles. The standard InChI is InChI=1S/C32H44N12O8/c45-29(46)13-41-10-26(2-22-6-34-18-38-22)43(15-31(49)50)12-28(4-24-8-36-20-40-24)44(16-32(51)52)11-27(3-23-7-35-19-39-23)42(14-30(47)48)9-25(41)1-21-5-33-17-37-21/h5-8,17-20,25-28H,1-4,9-16H2,(H,33,37)(H,34,38)(H,35,39)(H,36,40)(H,45,46)(H,47,48)(H,49,50)(H,51,52)/t25-,26-,27-,28-/m0/s1. The number of H-pyrrole nitrogens is 4. The van der Waals surface area contributed by atoms with Crippen molar-refractivity contribution in [1.82, 2.24) is 59.5 Å². The highest BCUT2D eigenvalue weighted by Gasteiger charge is 2.37. The van der Waals surface area contributed by atoms with Crippen LogP contribution in [0.5, 0.6) is 0 Å². The number of carboxylic acids is 4. The summed E-state index contributed by atoms with van der Waals surface area (Å²) in [5.74, 6) is -4.46. The van der Waals surface area contributed by atoms with Crippen molar-refractivity contribution >= 4 is 23.9 Å². The zero-order valence-corrected chi connectivity index (χ0v) is 28.4. The average molecular weight is 725 g/mol. The van der Waals surface area contributed by atoms with Gasteiger partial charge in [-0.05, 0) is 0 Å². The highest BCUT2D eigenvalue weighted by atomic mass is 16.4. The normalized spacial score (nSPS) is 21.7. The molecule has 4 aromatic heterocycles. The quantitative estimate of drug-likeness (QED) is 0.0680. The minimum atomic E-state index is -1.12. The van der Waals surface area contributed by atoms with Gasteiger partial charge in [0.15, 0.2) is 0 Å². The second kappa shape index (κ2) is 18.2. The maximum absolute atomic E-state index is 12.5. The van der Waals surface area contributed by atoms with E-state index >= 15 is 0 Å². The number of aliphatic carboxylic acids is 4. The van der Waals surface area contributed by atoms with Gasteiger partial charge in [-0.25, -0.2) is 19.9 Å². The Balaban J connectivity index is 1.68. The lowest BCUT2D eigenvalue weighted by molar-refractivity contribution is -0.144. The summed E-state index contributed by atoms with van der Waals surface area (Å²) in [4.78, 5) is 85.8. The van der Waals surface area contributed by atoms with E-state index in [4.69, 9.17) is 0 Å². The van der Waals surface area contributed by atoms with E-state index in [1.807, 2.05) is 0 Å². The number of hydrogen-bond donors (Lipinski definition) is 8. The van der Waals surface area contributed by atoms with E-state index in [1.54, 1.807) is 44.4 Å². The Bertz CT molecular complexity index is 1430. The molecule has 0 amide bonds. The molecular formula is C32H44N12O8. The van der Waals surface area contributed by atoms with Crippen molar-refractivity contribution in [2.24, 2.45) is 0 Å². The van der Waals surface area contributed by atoms with Crippen molar-refractivity contribution in [2.75, 3.05) is 52.4 Å². The number of hydrogen-bond acceptors (Lipinski definition) is 12. The molecule has 0 saturated carbocycles. The first-order valence-corrected chi connectivity index (χ1v) is 16.7. The molecular weight excluding hydrogens is 680 g/mol. The first-order chi connectivity index (χ1) is 25.0. The van der Waals surface area contributed by atoms with Crippen molar-refractivity contribution < 1.29 is 39.6 Å². The summed E-state index contributed by atoms with van der Waals surface area (Å²) in [6.07, 6.45) is 13.5. The second-order valence-electron chi connectivity index (χ2n) is 13.0. The van der Waals surface area contributed by atoms with Gasteiger partial charge in [0.25, 0.3) is 0 Å². The maximum atomic E-state index is 12.5. The number of carboxylic acid groups (broad SMARTS) is 4. The van der Waals surface area contributed by atoms with E-state index in [-0.39, 0.29) is 51.9 Å². The smallest absolute Gasteiger partial charge is 0.317 e. The van der Waals surface area contributed by atoms with Gasteiger partial charge in [0.05, 0.1) is 51.5 Å². The van der Waals surface area contributed by atoms with Gasteiger partial charge in [-0.15, -0.1) is 0 Å². The van der Waals surface area contributed by atoms with Crippen LogP contribution in [-0.2, 0) is 44.9 Å². The van der Waals surface area contributed by atoms with Crippen LogP contribution in [-0.4, -0.2) is 180 Å². The molecule has 5 heterocycles. The Morgan fingerprint density at radius 3 is 0.827 bits per heavy atom. The monoisotopic (exact) mass is 724 g/mol. The molecule has 1 fully saturated rings. The van der Waals surface area contributed by atoms with E-state index in [9.17, 15) is 39.6 Å². The lowest BCUT2D eigenvalue weighted by Crippen LogP contribution is -2.61. The van der Waals surface area contributed by atoms with Crippen molar-refractivity contribution in [3.05, 3.63) is 72.9 Å². The van der Waals surface area contributed by atoms with Crippen LogP contribution < -0.4 is 0 Å². The van der Waals surface area contributed by atoms with Crippen LogP contribution in [0.15, 0.2) is 50.1 Å². The molecule has 0 unspecified atom stereocenters. The summed E-state index contributed by atoms with van der Waals surface area (Å²) in [7, 11) is 0. The van der Waals surface area contributed by atoms with Gasteiger partial charge < -0.3 is 40.4 Å². The summed E-state index contributed by atoms with van der Waals surface area (Å²) in [5.41, 5.74) is 2.75. The second-order valence-corrected chi connectivity index (χ2v) is 13.0. The number of carbonyl (C=O) groups is 4. The SMILES string of the molecule is O=C(O)CN1C[C@H](Cc2cnc[nH]2)N(CC(=O)O)C[C@H](Cc2cnc[nH]2)N(CC(=O)O)C[C@H](Cc2cnc[nH]2)N(CC(=O)O)C[C@@H]1Cc1cnc[nH]1. The largest absolute Gasteiger partial charge is 0.480 e. The summed E-state index contributed by atoms with van der Waals surface area (Å²) in [6, 6.07) is -2.43. The molecule has 4 aromatic rings. The van der Waals surface area contributed by atoms with E-state index in [1.165, 1.54) is 25.3 Å². The number of rotatable bonds is 16. The Morgan fingerprint density at radius 1 is 0.462 bits per heavy atom. The summed E-state index contributed by atoms with van der Waals surface area (Å²) in [5, 5.41) is 40.9. The number of nitrogens with one attached hydrogen (secondary N) is 4. The molecule has 0 aliphatic carbocycles. The van der Waals surface area contributed by atoms with Crippen molar-refractivity contribution in [1.29, 1.82) is 0 Å². The highest BCUT2D eigenvalue weighted by molar-refractivity contribution is 5.70. The molecule has 0 bridgehead atoms. The van der Waals surface area contributed by atoms with Gasteiger partial charge in [0.1, 0.15) is 0 Å². The predicted octanol–water partition coefficient (Wildman–Crippen LogP) is -1.12. The third kappa shape index (κ3) is 11.3. The van der Waals surface area contributed by atoms with Gasteiger partial charge in [-0.3, -0.25) is 38.8 Å². The minimum Gasteiger partial charge on any atom is -0.480 e. The zero-order chi connectivity index (χ0) is 37.0. The number of aromatic amines is 4. The average Bonchev–Trinajstić information content (AvgIpc) is 3.91. The van der Waals surface area contributed by atoms with Gasteiger partial charge in [-0.1, -0.05) is 0 Å². The molecule has 52 heavy (non-hydrogen) atoms. The zero-order valence-electron chi connectivity index (χ0n) is 28.4. The first-order valence-electron chi connectivity index (χ1n) is 16.7. The molecule has 20 nitrogen and oxygen atoms in total. The molecule has 280 valence electrons. The van der Waals surface area contributed by atoms with Crippen LogP contribution >= 0.6 is 0 Å².